The Morgan fingerprint density at radius 2 is 1.80 bits per heavy atom. The van der Waals surface area contributed by atoms with Gasteiger partial charge in [0.05, 0.1) is 4.90 Å². The molecule has 0 fully saturated rings. The van der Waals surface area contributed by atoms with Crippen LogP contribution in [0.2, 0.25) is 0 Å². The molecule has 0 amide bonds. The number of carbonyl (C=O) groups excluding carboxylic acids is 2. The zero-order valence-electron chi connectivity index (χ0n) is 16.7. The number of aryl methyl sites for hydroxylation is 2. The second-order valence-corrected chi connectivity index (χ2v) is 9.19. The first kappa shape index (κ1) is 20.3. The van der Waals surface area contributed by atoms with Crippen molar-refractivity contribution in [1.29, 1.82) is 0 Å². The van der Waals surface area contributed by atoms with Gasteiger partial charge in [0.25, 0.3) is 10.0 Å². The Bertz CT molecular complexity index is 1170. The van der Waals surface area contributed by atoms with E-state index in [4.69, 9.17) is 4.74 Å². The molecule has 1 aliphatic heterocycles. The second-order valence-electron chi connectivity index (χ2n) is 7.54. The second kappa shape index (κ2) is 7.68. The molecular weight excluding hydrogens is 404 g/mol. The van der Waals surface area contributed by atoms with Crippen molar-refractivity contribution < 1.29 is 22.7 Å². The van der Waals surface area contributed by atoms with E-state index in [1.807, 2.05) is 12.1 Å². The predicted octanol–water partition coefficient (Wildman–Crippen LogP) is 2.42. The Morgan fingerprint density at radius 3 is 2.60 bits per heavy atom. The molecule has 0 saturated heterocycles. The summed E-state index contributed by atoms with van der Waals surface area (Å²) in [5.74, 6) is -0.884. The van der Waals surface area contributed by atoms with Gasteiger partial charge >= 0.3 is 5.97 Å². The summed E-state index contributed by atoms with van der Waals surface area (Å²) < 4.78 is 32.0. The number of esters is 1. The monoisotopic (exact) mass is 426 g/mol. The third-order valence-corrected chi connectivity index (χ3v) is 6.77. The number of amidine groups is 1. The maximum atomic E-state index is 12.7. The van der Waals surface area contributed by atoms with Gasteiger partial charge in [-0.2, -0.15) is 0 Å². The van der Waals surface area contributed by atoms with Crippen LogP contribution < -0.4 is 4.72 Å². The van der Waals surface area contributed by atoms with Crippen molar-refractivity contribution in [3.63, 3.8) is 0 Å². The normalized spacial score (nSPS) is 19.5. The van der Waals surface area contributed by atoms with E-state index in [1.54, 1.807) is 24.3 Å². The summed E-state index contributed by atoms with van der Waals surface area (Å²) in [6.45, 7) is 3.03. The van der Waals surface area contributed by atoms with Crippen LogP contribution in [-0.4, -0.2) is 38.2 Å². The summed E-state index contributed by atoms with van der Waals surface area (Å²) in [5, 5.41) is 0. The van der Waals surface area contributed by atoms with Crippen molar-refractivity contribution in [1.82, 2.24) is 4.72 Å². The SMILES string of the molecule is CC(OC(=O)[C@H](C)N=C1NS(=O)(=O)c2ccccc21)C(=O)c1ccc2c(c1)CCC2. The molecule has 1 heterocycles. The van der Waals surface area contributed by atoms with Crippen LogP contribution >= 0.6 is 0 Å². The van der Waals surface area contributed by atoms with Crippen molar-refractivity contribution in [3.05, 3.63) is 64.7 Å². The number of benzene rings is 2. The number of nitrogens with one attached hydrogen (secondary N) is 1. The number of carbonyl (C=O) groups is 2. The third kappa shape index (κ3) is 3.75. The Kier molecular flexibility index (Phi) is 5.19. The van der Waals surface area contributed by atoms with E-state index in [0.717, 1.165) is 19.3 Å². The molecule has 30 heavy (non-hydrogen) atoms. The van der Waals surface area contributed by atoms with Crippen LogP contribution in [0.1, 0.15) is 47.3 Å². The number of nitrogens with zero attached hydrogens (tertiary/aromatic N) is 1. The van der Waals surface area contributed by atoms with Crippen LogP contribution in [0.3, 0.4) is 0 Å². The van der Waals surface area contributed by atoms with E-state index in [0.29, 0.717) is 11.1 Å². The van der Waals surface area contributed by atoms with Crippen LogP contribution in [0.5, 0.6) is 0 Å². The molecule has 0 aromatic heterocycles. The Morgan fingerprint density at radius 1 is 1.07 bits per heavy atom. The first-order valence-electron chi connectivity index (χ1n) is 9.83. The van der Waals surface area contributed by atoms with Gasteiger partial charge in [-0.3, -0.25) is 14.5 Å². The number of fused-ring (bicyclic) bond motifs is 2. The summed E-state index contributed by atoms with van der Waals surface area (Å²) >= 11 is 0. The predicted molar refractivity (Wildman–Crippen MR) is 111 cm³/mol. The van der Waals surface area contributed by atoms with Gasteiger partial charge in [0.1, 0.15) is 11.9 Å². The maximum absolute atomic E-state index is 12.7. The van der Waals surface area contributed by atoms with Crippen LogP contribution in [-0.2, 0) is 32.4 Å². The molecule has 156 valence electrons. The van der Waals surface area contributed by atoms with E-state index in [1.165, 1.54) is 31.0 Å². The van der Waals surface area contributed by atoms with E-state index in [2.05, 4.69) is 9.71 Å². The molecule has 2 aliphatic rings. The average Bonchev–Trinajstić information content (AvgIpc) is 3.29. The quantitative estimate of drug-likeness (QED) is 0.584. The number of Topliss-reactive ketones (excluding diaryl/α,β-unsaturated/α-hetero) is 1. The maximum Gasteiger partial charge on any atom is 0.331 e. The van der Waals surface area contributed by atoms with Gasteiger partial charge in [-0.25, -0.2) is 13.2 Å². The minimum atomic E-state index is -3.69. The summed E-state index contributed by atoms with van der Waals surface area (Å²) in [4.78, 5) is 29.5. The molecule has 2 aromatic carbocycles. The lowest BCUT2D eigenvalue weighted by Crippen LogP contribution is -2.31. The van der Waals surface area contributed by atoms with E-state index in [-0.39, 0.29) is 16.5 Å². The summed E-state index contributed by atoms with van der Waals surface area (Å²) in [6, 6.07) is 11.0. The first-order valence-corrected chi connectivity index (χ1v) is 11.3. The van der Waals surface area contributed by atoms with E-state index in [9.17, 15) is 18.0 Å². The Hall–Kier alpha value is -3.00. The summed E-state index contributed by atoms with van der Waals surface area (Å²) in [5.41, 5.74) is 3.36. The lowest BCUT2D eigenvalue weighted by Gasteiger charge is -2.15. The molecule has 7 nitrogen and oxygen atoms in total. The summed E-state index contributed by atoms with van der Waals surface area (Å²) in [6.07, 6.45) is 2.10. The fraction of sp³-hybridized carbons (Fsp3) is 0.318. The highest BCUT2D eigenvalue weighted by Crippen LogP contribution is 2.24. The van der Waals surface area contributed by atoms with Crippen LogP contribution in [0.4, 0.5) is 0 Å². The molecular formula is C22H22N2O5S. The molecule has 0 spiro atoms. The number of ether oxygens (including phenoxy) is 1. The number of hydrogen-bond acceptors (Lipinski definition) is 6. The fourth-order valence-electron chi connectivity index (χ4n) is 3.76. The Labute approximate surface area is 175 Å². The fourth-order valence-corrected chi connectivity index (χ4v) is 5.00. The van der Waals surface area contributed by atoms with Gasteiger partial charge in [0.15, 0.2) is 6.10 Å². The molecule has 8 heteroatoms. The summed E-state index contributed by atoms with van der Waals surface area (Å²) in [7, 11) is -3.69. The standard InChI is InChI=1S/C22H22N2O5S/c1-13(23-21-18-8-3-4-9-19(18)30(27,28)24-21)22(26)29-14(2)20(25)17-11-10-15-6-5-7-16(15)12-17/h3-4,8-14H,5-7H2,1-2H3,(H,23,24)/t13-,14?/m0/s1. The zero-order chi connectivity index (χ0) is 21.5. The molecule has 1 aliphatic carbocycles. The molecule has 0 bridgehead atoms. The van der Waals surface area contributed by atoms with E-state index >= 15 is 0 Å². The van der Waals surface area contributed by atoms with Crippen molar-refractivity contribution >= 4 is 27.6 Å². The average molecular weight is 426 g/mol. The number of sulfonamides is 1. The highest BCUT2D eigenvalue weighted by atomic mass is 32.2. The van der Waals surface area contributed by atoms with Crippen molar-refractivity contribution in [2.45, 2.75) is 50.2 Å². The van der Waals surface area contributed by atoms with Crippen molar-refractivity contribution in [3.8, 4) is 0 Å². The van der Waals surface area contributed by atoms with Crippen molar-refractivity contribution in [2.75, 3.05) is 0 Å². The largest absolute Gasteiger partial charge is 0.453 e. The lowest BCUT2D eigenvalue weighted by molar-refractivity contribution is -0.147. The minimum Gasteiger partial charge on any atom is -0.453 e. The van der Waals surface area contributed by atoms with Crippen LogP contribution in [0, 0.1) is 0 Å². The highest BCUT2D eigenvalue weighted by molar-refractivity contribution is 7.90. The zero-order valence-corrected chi connectivity index (χ0v) is 17.5. The van der Waals surface area contributed by atoms with Gasteiger partial charge in [0, 0.05) is 11.1 Å². The lowest BCUT2D eigenvalue weighted by atomic mass is 10.0. The van der Waals surface area contributed by atoms with Gasteiger partial charge in [-0.05, 0) is 62.4 Å². The third-order valence-electron chi connectivity index (χ3n) is 5.37. The minimum absolute atomic E-state index is 0.0904. The highest BCUT2D eigenvalue weighted by Gasteiger charge is 2.32. The molecule has 4 rings (SSSR count). The molecule has 1 N–H and O–H groups in total. The molecule has 0 saturated carbocycles. The number of aliphatic imine (C=N–C) groups is 1. The number of rotatable bonds is 5. The van der Waals surface area contributed by atoms with Gasteiger partial charge in [-0.15, -0.1) is 0 Å². The smallest absolute Gasteiger partial charge is 0.331 e. The van der Waals surface area contributed by atoms with Crippen LogP contribution in [0.15, 0.2) is 52.4 Å². The van der Waals surface area contributed by atoms with Crippen LogP contribution in [0.25, 0.3) is 0 Å². The van der Waals surface area contributed by atoms with Gasteiger partial charge in [-0.1, -0.05) is 24.3 Å². The number of hydrogen-bond donors (Lipinski definition) is 1. The number of ketones is 1. The van der Waals surface area contributed by atoms with Crippen molar-refractivity contribution in [2.24, 2.45) is 4.99 Å². The van der Waals surface area contributed by atoms with E-state index < -0.39 is 28.1 Å². The molecule has 1 unspecified atom stereocenters. The molecule has 2 aromatic rings. The molecule has 2 atom stereocenters. The first-order chi connectivity index (χ1) is 14.3. The van der Waals surface area contributed by atoms with Gasteiger partial charge in [0.2, 0.25) is 5.78 Å². The molecule has 0 radical (unpaired) electrons. The topological polar surface area (TPSA) is 102 Å². The Balaban J connectivity index is 1.46. The van der Waals surface area contributed by atoms with Gasteiger partial charge < -0.3 is 4.74 Å².